The molecule has 0 spiro atoms. The first-order valence-corrected chi connectivity index (χ1v) is 7.85. The lowest BCUT2D eigenvalue weighted by Crippen LogP contribution is -2.19. The summed E-state index contributed by atoms with van der Waals surface area (Å²) in [6.45, 7) is 1.98. The molecule has 6 N–H and O–H groups in total. The number of carbonyl (C=O) groups excluding carboxylic acids is 1. The van der Waals surface area contributed by atoms with Crippen LogP contribution in [0.1, 0.15) is 18.9 Å². The van der Waals surface area contributed by atoms with Gasteiger partial charge >= 0.3 is 0 Å². The number of hydrogen-bond donors (Lipinski definition) is 5. The largest absolute Gasteiger partial charge is 0.388 e. The Hall–Kier alpha value is -3.02. The lowest BCUT2D eigenvalue weighted by molar-refractivity contribution is -0.116. The van der Waals surface area contributed by atoms with Crippen LogP contribution in [0.15, 0.2) is 36.4 Å². The summed E-state index contributed by atoms with van der Waals surface area (Å²) in [7, 11) is 1.80. The zero-order valence-electron chi connectivity index (χ0n) is 13.7. The van der Waals surface area contributed by atoms with Crippen LogP contribution < -0.4 is 21.7 Å². The number of hydrogen-bond acceptors (Lipinski definition) is 4. The Balaban J connectivity index is 2.14. The van der Waals surface area contributed by atoms with Crippen molar-refractivity contribution in [3.8, 4) is 11.1 Å². The second-order valence-corrected chi connectivity index (χ2v) is 5.95. The minimum Gasteiger partial charge on any atom is -0.388 e. The van der Waals surface area contributed by atoms with Crippen LogP contribution in [0, 0.1) is 5.41 Å². The van der Waals surface area contributed by atoms with Crippen LogP contribution >= 0.6 is 0 Å². The molecule has 2 aromatic rings. The van der Waals surface area contributed by atoms with Crippen LogP contribution in [-0.2, 0) is 4.79 Å². The second-order valence-electron chi connectivity index (χ2n) is 5.95. The molecular weight excluding hydrogens is 302 g/mol. The van der Waals surface area contributed by atoms with Gasteiger partial charge in [-0.25, -0.2) is 0 Å². The smallest absolute Gasteiger partial charge is 0.226 e. The van der Waals surface area contributed by atoms with E-state index < -0.39 is 0 Å². The topological polar surface area (TPSA) is 103 Å². The minimum atomic E-state index is 0.000793. The van der Waals surface area contributed by atoms with E-state index in [-0.39, 0.29) is 17.8 Å². The van der Waals surface area contributed by atoms with Crippen LogP contribution in [-0.4, -0.2) is 24.8 Å². The van der Waals surface area contributed by atoms with Crippen molar-refractivity contribution in [2.75, 3.05) is 23.0 Å². The average molecular weight is 323 g/mol. The molecule has 24 heavy (non-hydrogen) atoms. The summed E-state index contributed by atoms with van der Waals surface area (Å²) in [4.78, 5) is 11.9. The van der Waals surface area contributed by atoms with Gasteiger partial charge < -0.3 is 21.7 Å². The molecule has 0 aromatic heterocycles. The SMILES string of the molecule is CNc1ccc(-c2cccc3c2N[C@H](C)CC(=O)N3)cc1C(=N)N. The molecule has 1 heterocycles. The summed E-state index contributed by atoms with van der Waals surface area (Å²) >= 11 is 0. The number of benzene rings is 2. The van der Waals surface area contributed by atoms with Crippen LogP contribution in [0.5, 0.6) is 0 Å². The van der Waals surface area contributed by atoms with Gasteiger partial charge in [-0.2, -0.15) is 0 Å². The summed E-state index contributed by atoms with van der Waals surface area (Å²) in [6.07, 6.45) is 0.422. The van der Waals surface area contributed by atoms with Gasteiger partial charge in [-0.3, -0.25) is 10.2 Å². The molecule has 0 fully saturated rings. The first-order valence-electron chi connectivity index (χ1n) is 7.85. The average Bonchev–Trinajstić information content (AvgIpc) is 2.70. The number of carbonyl (C=O) groups is 1. The lowest BCUT2D eigenvalue weighted by atomic mass is 9.98. The highest BCUT2D eigenvalue weighted by molar-refractivity contribution is 6.03. The van der Waals surface area contributed by atoms with E-state index in [4.69, 9.17) is 11.1 Å². The fraction of sp³-hybridized carbons (Fsp3) is 0.222. The third-order valence-electron chi connectivity index (χ3n) is 4.11. The first kappa shape index (κ1) is 15.9. The maximum atomic E-state index is 11.9. The summed E-state index contributed by atoms with van der Waals surface area (Å²) < 4.78 is 0. The van der Waals surface area contributed by atoms with Crippen molar-refractivity contribution >= 4 is 28.8 Å². The van der Waals surface area contributed by atoms with E-state index in [9.17, 15) is 4.79 Å². The fourth-order valence-electron chi connectivity index (χ4n) is 2.98. The van der Waals surface area contributed by atoms with E-state index in [2.05, 4.69) is 16.0 Å². The van der Waals surface area contributed by atoms with Crippen LogP contribution in [0.2, 0.25) is 0 Å². The Labute approximate surface area is 141 Å². The summed E-state index contributed by atoms with van der Waals surface area (Å²) in [5.74, 6) is 0.0127. The van der Waals surface area contributed by atoms with Crippen LogP contribution in [0.3, 0.4) is 0 Å². The first-order chi connectivity index (χ1) is 11.5. The number of anilines is 3. The third-order valence-corrected chi connectivity index (χ3v) is 4.11. The lowest BCUT2D eigenvalue weighted by Gasteiger charge is -2.18. The van der Waals surface area contributed by atoms with Crippen molar-refractivity contribution in [3.05, 3.63) is 42.0 Å². The summed E-state index contributed by atoms with van der Waals surface area (Å²) in [6, 6.07) is 11.6. The Bertz CT molecular complexity index is 815. The standard InChI is InChI=1S/C18H21N5O/c1-10-8-16(24)23-15-5-3-4-12(17(15)22-10)11-6-7-14(21-2)13(9-11)18(19)20/h3-7,9-10,21-22H,8H2,1-2H3,(H3,19,20)(H,23,24)/t10-/m1/s1. The maximum Gasteiger partial charge on any atom is 0.226 e. The highest BCUT2D eigenvalue weighted by Gasteiger charge is 2.20. The number of para-hydroxylation sites is 1. The Kier molecular flexibility index (Phi) is 4.12. The summed E-state index contributed by atoms with van der Waals surface area (Å²) in [5, 5.41) is 17.2. The van der Waals surface area contributed by atoms with Crippen LogP contribution in [0.25, 0.3) is 11.1 Å². The molecule has 6 nitrogen and oxygen atoms in total. The molecule has 0 saturated carbocycles. The van der Waals surface area contributed by atoms with E-state index >= 15 is 0 Å². The van der Waals surface area contributed by atoms with Crippen LogP contribution in [0.4, 0.5) is 17.1 Å². The fourth-order valence-corrected chi connectivity index (χ4v) is 2.98. The molecule has 0 bridgehead atoms. The molecule has 3 rings (SSSR count). The van der Waals surface area contributed by atoms with Crippen molar-refractivity contribution < 1.29 is 4.79 Å². The molecule has 1 aliphatic heterocycles. The predicted octanol–water partition coefficient (Wildman–Crippen LogP) is 2.82. The number of nitrogen functional groups attached to an aromatic ring is 1. The number of nitrogens with one attached hydrogen (secondary N) is 4. The van der Waals surface area contributed by atoms with Crippen molar-refractivity contribution in [1.29, 1.82) is 5.41 Å². The van der Waals surface area contributed by atoms with E-state index in [0.29, 0.717) is 12.0 Å². The second kappa shape index (κ2) is 6.23. The number of amides is 1. The van der Waals surface area contributed by atoms with E-state index in [1.54, 1.807) is 7.05 Å². The molecule has 0 radical (unpaired) electrons. The molecule has 124 valence electrons. The highest BCUT2D eigenvalue weighted by Crippen LogP contribution is 2.37. The van der Waals surface area contributed by atoms with Crippen molar-refractivity contribution in [1.82, 2.24) is 0 Å². The van der Waals surface area contributed by atoms with Crippen molar-refractivity contribution in [3.63, 3.8) is 0 Å². The molecule has 1 atom stereocenters. The predicted molar refractivity (Wildman–Crippen MR) is 98.8 cm³/mol. The molecule has 1 aliphatic rings. The molecular formula is C18H21N5O. The normalized spacial score (nSPS) is 16.4. The van der Waals surface area contributed by atoms with Gasteiger partial charge in [-0.1, -0.05) is 18.2 Å². The molecule has 2 aromatic carbocycles. The Morgan fingerprint density at radius 1 is 1.33 bits per heavy atom. The van der Waals surface area contributed by atoms with Gasteiger partial charge in [0.2, 0.25) is 5.91 Å². The van der Waals surface area contributed by atoms with Gasteiger partial charge in [0.15, 0.2) is 0 Å². The van der Waals surface area contributed by atoms with Gasteiger partial charge in [0.05, 0.1) is 11.4 Å². The minimum absolute atomic E-state index is 0.000793. The van der Waals surface area contributed by atoms with Gasteiger partial charge in [-0.05, 0) is 30.7 Å². The Morgan fingerprint density at radius 2 is 2.12 bits per heavy atom. The zero-order valence-corrected chi connectivity index (χ0v) is 13.7. The summed E-state index contributed by atoms with van der Waals surface area (Å²) in [5.41, 5.74) is 10.7. The van der Waals surface area contributed by atoms with Gasteiger partial charge in [0.1, 0.15) is 5.84 Å². The maximum absolute atomic E-state index is 11.9. The molecule has 0 saturated heterocycles. The van der Waals surface area contributed by atoms with E-state index in [0.717, 1.165) is 28.2 Å². The van der Waals surface area contributed by atoms with Gasteiger partial charge in [-0.15, -0.1) is 0 Å². The molecule has 1 amide bonds. The number of amidine groups is 1. The molecule has 0 aliphatic carbocycles. The molecule has 6 heteroatoms. The highest BCUT2D eigenvalue weighted by atomic mass is 16.1. The zero-order chi connectivity index (χ0) is 17.3. The van der Waals surface area contributed by atoms with Gasteiger partial charge in [0, 0.05) is 36.3 Å². The quantitative estimate of drug-likeness (QED) is 0.442. The van der Waals surface area contributed by atoms with Gasteiger partial charge in [0.25, 0.3) is 0 Å². The monoisotopic (exact) mass is 323 g/mol. The van der Waals surface area contributed by atoms with E-state index in [1.165, 1.54) is 0 Å². The van der Waals surface area contributed by atoms with Crippen molar-refractivity contribution in [2.24, 2.45) is 5.73 Å². The Morgan fingerprint density at radius 3 is 2.83 bits per heavy atom. The number of rotatable bonds is 3. The molecule has 0 unspecified atom stereocenters. The number of nitrogens with two attached hydrogens (primary N) is 1. The van der Waals surface area contributed by atoms with Crippen molar-refractivity contribution in [2.45, 2.75) is 19.4 Å². The number of fused-ring (bicyclic) bond motifs is 1. The third kappa shape index (κ3) is 2.90. The van der Waals surface area contributed by atoms with E-state index in [1.807, 2.05) is 43.3 Å².